The number of fused-ring (bicyclic) bond motifs is 1. The van der Waals surface area contributed by atoms with Crippen molar-refractivity contribution in [2.75, 3.05) is 0 Å². The lowest BCUT2D eigenvalue weighted by molar-refractivity contribution is 0.00235. The standard InChI is InChI=1S/C11H18O5P2/c1-8-5-6-11(10(2,3)4)9(7-8)14-18(15-11)16-17(12)13/h5-7,9,12-13H,1-4H3. The summed E-state index contributed by atoms with van der Waals surface area (Å²) in [5.41, 5.74) is 0.277. The van der Waals surface area contributed by atoms with Crippen molar-refractivity contribution in [2.45, 2.75) is 39.4 Å². The van der Waals surface area contributed by atoms with Gasteiger partial charge in [0.05, 0.1) is 0 Å². The van der Waals surface area contributed by atoms with E-state index in [1.54, 1.807) is 0 Å². The van der Waals surface area contributed by atoms with Crippen molar-refractivity contribution in [3.05, 3.63) is 23.8 Å². The van der Waals surface area contributed by atoms with E-state index in [-0.39, 0.29) is 11.5 Å². The maximum absolute atomic E-state index is 8.91. The van der Waals surface area contributed by atoms with E-state index >= 15 is 0 Å². The largest absolute Gasteiger partial charge is 0.341 e. The van der Waals surface area contributed by atoms with Crippen LogP contribution in [0.2, 0.25) is 0 Å². The summed E-state index contributed by atoms with van der Waals surface area (Å²) in [6.45, 7) is 8.16. The highest BCUT2D eigenvalue weighted by Crippen LogP contribution is 2.64. The molecule has 2 N–H and O–H groups in total. The normalized spacial score (nSPS) is 35.8. The van der Waals surface area contributed by atoms with E-state index in [0.717, 1.165) is 5.57 Å². The average molecular weight is 292 g/mol. The van der Waals surface area contributed by atoms with Gasteiger partial charge in [0.15, 0.2) is 0 Å². The van der Waals surface area contributed by atoms with Crippen molar-refractivity contribution in [1.82, 2.24) is 0 Å². The molecule has 0 amide bonds. The summed E-state index contributed by atoms with van der Waals surface area (Å²) in [4.78, 5) is 17.8. The molecule has 102 valence electrons. The first kappa shape index (κ1) is 14.5. The summed E-state index contributed by atoms with van der Waals surface area (Å²) in [5.74, 6) is 0. The maximum Gasteiger partial charge on any atom is 0.341 e. The van der Waals surface area contributed by atoms with Gasteiger partial charge in [-0.25, -0.2) is 4.31 Å². The molecule has 5 nitrogen and oxygen atoms in total. The first-order chi connectivity index (χ1) is 8.24. The van der Waals surface area contributed by atoms with Crippen LogP contribution in [0.4, 0.5) is 0 Å². The molecule has 3 unspecified atom stereocenters. The van der Waals surface area contributed by atoms with Gasteiger partial charge in [0.2, 0.25) is 0 Å². The van der Waals surface area contributed by atoms with E-state index in [4.69, 9.17) is 23.1 Å². The summed E-state index contributed by atoms with van der Waals surface area (Å²) in [7, 11) is -4.21. The Hall–Kier alpha value is 0.140. The first-order valence-electron chi connectivity index (χ1n) is 5.64. The van der Waals surface area contributed by atoms with Crippen LogP contribution < -0.4 is 0 Å². The predicted octanol–water partition coefficient (Wildman–Crippen LogP) is 3.16. The third-order valence-corrected chi connectivity index (χ3v) is 5.14. The Bertz CT molecular complexity index is 387. The van der Waals surface area contributed by atoms with Crippen molar-refractivity contribution in [2.24, 2.45) is 5.41 Å². The van der Waals surface area contributed by atoms with E-state index in [2.05, 4.69) is 20.8 Å². The van der Waals surface area contributed by atoms with E-state index in [1.807, 2.05) is 25.2 Å². The van der Waals surface area contributed by atoms with Gasteiger partial charge in [0, 0.05) is 0 Å². The summed E-state index contributed by atoms with van der Waals surface area (Å²) in [6.07, 6.45) is 5.69. The molecule has 0 aromatic rings. The molecule has 18 heavy (non-hydrogen) atoms. The highest BCUT2D eigenvalue weighted by Gasteiger charge is 2.57. The lowest BCUT2D eigenvalue weighted by Crippen LogP contribution is -2.49. The lowest BCUT2D eigenvalue weighted by Gasteiger charge is -2.41. The average Bonchev–Trinajstić information content (AvgIpc) is 2.53. The van der Waals surface area contributed by atoms with Gasteiger partial charge in [-0.2, -0.15) is 0 Å². The molecule has 0 saturated carbocycles. The molecule has 1 aliphatic carbocycles. The summed E-state index contributed by atoms with van der Waals surface area (Å²) >= 11 is 0. The summed E-state index contributed by atoms with van der Waals surface area (Å²) < 4.78 is 16.4. The van der Waals surface area contributed by atoms with E-state index in [0.29, 0.717) is 0 Å². The maximum atomic E-state index is 8.91. The van der Waals surface area contributed by atoms with Crippen molar-refractivity contribution < 1.29 is 23.1 Å². The Morgan fingerprint density at radius 2 is 2.11 bits per heavy atom. The minimum Gasteiger partial charge on any atom is -0.328 e. The van der Waals surface area contributed by atoms with Gasteiger partial charge in [-0.15, -0.1) is 0 Å². The fourth-order valence-electron chi connectivity index (χ4n) is 2.11. The van der Waals surface area contributed by atoms with Crippen LogP contribution in [-0.4, -0.2) is 21.5 Å². The summed E-state index contributed by atoms with van der Waals surface area (Å²) in [5, 5.41) is 0. The van der Waals surface area contributed by atoms with E-state index in [1.165, 1.54) is 0 Å². The zero-order valence-corrected chi connectivity index (χ0v) is 12.6. The van der Waals surface area contributed by atoms with E-state index < -0.39 is 22.8 Å². The minimum absolute atomic E-state index is 0.195. The van der Waals surface area contributed by atoms with Crippen LogP contribution in [0, 0.1) is 5.41 Å². The molecule has 0 radical (unpaired) electrons. The Labute approximate surface area is 109 Å². The molecule has 1 aliphatic heterocycles. The molecule has 7 heteroatoms. The van der Waals surface area contributed by atoms with Crippen LogP contribution in [0.15, 0.2) is 23.8 Å². The Morgan fingerprint density at radius 1 is 1.44 bits per heavy atom. The Morgan fingerprint density at radius 3 is 2.67 bits per heavy atom. The second-order valence-corrected chi connectivity index (χ2v) is 7.46. The second-order valence-electron chi connectivity index (χ2n) is 5.46. The highest BCUT2D eigenvalue weighted by atomic mass is 31.2. The number of hydrogen-bond acceptors (Lipinski definition) is 5. The molecule has 0 aromatic heterocycles. The zero-order chi connectivity index (χ0) is 13.6. The lowest BCUT2D eigenvalue weighted by atomic mass is 9.71. The smallest absolute Gasteiger partial charge is 0.328 e. The quantitative estimate of drug-likeness (QED) is 0.765. The van der Waals surface area contributed by atoms with E-state index in [9.17, 15) is 0 Å². The van der Waals surface area contributed by atoms with Gasteiger partial charge in [0.25, 0.3) is 0 Å². The number of hydrogen-bond donors (Lipinski definition) is 2. The molecule has 0 aromatic carbocycles. The molecule has 1 fully saturated rings. The molecular formula is C11H18O5P2. The molecule has 2 rings (SSSR count). The van der Waals surface area contributed by atoms with Crippen LogP contribution in [0.3, 0.4) is 0 Å². The first-order valence-corrected chi connectivity index (χ1v) is 7.90. The topological polar surface area (TPSA) is 68.2 Å². The van der Waals surface area contributed by atoms with Gasteiger partial charge in [-0.3, -0.25) is 4.52 Å². The van der Waals surface area contributed by atoms with Gasteiger partial charge in [0.1, 0.15) is 11.7 Å². The molecule has 0 bridgehead atoms. The van der Waals surface area contributed by atoms with Gasteiger partial charge in [-0.1, -0.05) is 32.4 Å². The summed E-state index contributed by atoms with van der Waals surface area (Å²) in [6, 6.07) is 0. The molecule has 1 heterocycles. The Kier molecular flexibility index (Phi) is 3.97. The van der Waals surface area contributed by atoms with Gasteiger partial charge >= 0.3 is 17.2 Å². The molecular weight excluding hydrogens is 274 g/mol. The number of allylic oxidation sites excluding steroid dienone is 2. The second kappa shape index (κ2) is 4.92. The molecule has 2 aliphatic rings. The molecule has 0 spiro atoms. The third-order valence-electron chi connectivity index (χ3n) is 3.17. The fraction of sp³-hybridized carbons (Fsp3) is 0.636. The van der Waals surface area contributed by atoms with Crippen LogP contribution in [0.1, 0.15) is 27.7 Å². The highest BCUT2D eigenvalue weighted by molar-refractivity contribution is 7.54. The number of rotatable bonds is 2. The van der Waals surface area contributed by atoms with Crippen LogP contribution in [0.25, 0.3) is 0 Å². The fourth-order valence-corrected chi connectivity index (χ4v) is 4.00. The van der Waals surface area contributed by atoms with Gasteiger partial charge in [-0.05, 0) is 24.5 Å². The molecule has 1 saturated heterocycles. The van der Waals surface area contributed by atoms with Crippen LogP contribution >= 0.6 is 17.2 Å². The van der Waals surface area contributed by atoms with Crippen LogP contribution in [-0.2, 0) is 13.4 Å². The zero-order valence-electron chi connectivity index (χ0n) is 10.8. The van der Waals surface area contributed by atoms with Gasteiger partial charge < -0.3 is 14.3 Å². The van der Waals surface area contributed by atoms with Crippen LogP contribution in [0.5, 0.6) is 0 Å². The van der Waals surface area contributed by atoms with Crippen molar-refractivity contribution in [3.8, 4) is 0 Å². The molecule has 3 atom stereocenters. The third kappa shape index (κ3) is 2.54. The van der Waals surface area contributed by atoms with Crippen molar-refractivity contribution >= 4 is 17.2 Å². The SMILES string of the molecule is CC1=CC2OP(OP(O)O)OC2(C(C)(C)C)C=C1. The predicted molar refractivity (Wildman–Crippen MR) is 70.4 cm³/mol. The monoisotopic (exact) mass is 292 g/mol. The van der Waals surface area contributed by atoms with Crippen molar-refractivity contribution in [1.29, 1.82) is 0 Å². The minimum atomic E-state index is -2.47. The Balaban J connectivity index is 2.28. The van der Waals surface area contributed by atoms with Crippen molar-refractivity contribution in [3.63, 3.8) is 0 Å².